The van der Waals surface area contributed by atoms with E-state index in [0.717, 1.165) is 26.7 Å². The van der Waals surface area contributed by atoms with Crippen LogP contribution in [0.2, 0.25) is 0 Å². The Morgan fingerprint density at radius 3 is 2.16 bits per heavy atom. The summed E-state index contributed by atoms with van der Waals surface area (Å²) in [6, 6.07) is 11.2. The van der Waals surface area contributed by atoms with Crippen molar-refractivity contribution in [3.8, 4) is 5.75 Å². The molecule has 0 spiro atoms. The van der Waals surface area contributed by atoms with Gasteiger partial charge in [0.2, 0.25) is 5.91 Å². The molecule has 2 aromatic carbocycles. The molecule has 168 valence electrons. The number of aryl methyl sites for hydroxylation is 3. The average molecular weight is 489 g/mol. The van der Waals surface area contributed by atoms with Gasteiger partial charge in [-0.05, 0) is 62.4 Å². The Bertz CT molecular complexity index is 886. The Balaban J connectivity index is 2.16. The van der Waals surface area contributed by atoms with Crippen molar-refractivity contribution in [2.24, 2.45) is 5.92 Å². The van der Waals surface area contributed by atoms with Crippen LogP contribution in [0.4, 0.5) is 0 Å². The molecular weight excluding hydrogens is 456 g/mol. The summed E-state index contributed by atoms with van der Waals surface area (Å²) in [4.78, 5) is 27.4. The van der Waals surface area contributed by atoms with Crippen LogP contribution in [0.25, 0.3) is 0 Å². The van der Waals surface area contributed by atoms with Crippen molar-refractivity contribution in [3.05, 3.63) is 63.1 Å². The molecule has 31 heavy (non-hydrogen) atoms. The van der Waals surface area contributed by atoms with Gasteiger partial charge in [-0.15, -0.1) is 0 Å². The van der Waals surface area contributed by atoms with Crippen LogP contribution in [-0.4, -0.2) is 35.9 Å². The smallest absolute Gasteiger partial charge is 0.261 e. The number of amides is 2. The highest BCUT2D eigenvalue weighted by atomic mass is 79.9. The number of benzene rings is 2. The van der Waals surface area contributed by atoms with Crippen LogP contribution in [0.1, 0.15) is 43.0 Å². The SMILES string of the molecule is Cc1ccc(CN(C(=O)COc2cc(C)c(Br)c(C)c2)C(C)C(=O)NCC(C)C)cc1. The third-order valence-corrected chi connectivity index (χ3v) is 6.35. The zero-order valence-corrected chi connectivity index (χ0v) is 20.9. The molecule has 0 aliphatic rings. The summed E-state index contributed by atoms with van der Waals surface area (Å²) in [5.41, 5.74) is 4.20. The van der Waals surface area contributed by atoms with E-state index in [-0.39, 0.29) is 18.4 Å². The van der Waals surface area contributed by atoms with E-state index in [4.69, 9.17) is 4.74 Å². The molecular formula is C25H33BrN2O3. The summed E-state index contributed by atoms with van der Waals surface area (Å²) >= 11 is 3.54. The quantitative estimate of drug-likeness (QED) is 0.543. The molecule has 0 aromatic heterocycles. The highest BCUT2D eigenvalue weighted by molar-refractivity contribution is 9.10. The zero-order valence-electron chi connectivity index (χ0n) is 19.3. The number of carbonyl (C=O) groups is 2. The summed E-state index contributed by atoms with van der Waals surface area (Å²) in [6.07, 6.45) is 0. The van der Waals surface area contributed by atoms with Gasteiger partial charge >= 0.3 is 0 Å². The van der Waals surface area contributed by atoms with Gasteiger partial charge in [-0.2, -0.15) is 0 Å². The number of hydrogen-bond donors (Lipinski definition) is 1. The number of ether oxygens (including phenoxy) is 1. The molecule has 0 bridgehead atoms. The lowest BCUT2D eigenvalue weighted by Crippen LogP contribution is -2.49. The van der Waals surface area contributed by atoms with Crippen molar-refractivity contribution < 1.29 is 14.3 Å². The fourth-order valence-electron chi connectivity index (χ4n) is 3.14. The summed E-state index contributed by atoms with van der Waals surface area (Å²) in [5.74, 6) is 0.582. The number of nitrogens with zero attached hydrogens (tertiary/aromatic N) is 1. The Morgan fingerprint density at radius 2 is 1.61 bits per heavy atom. The van der Waals surface area contributed by atoms with E-state index in [1.807, 2.05) is 71.0 Å². The highest BCUT2D eigenvalue weighted by Gasteiger charge is 2.26. The Labute approximate surface area is 194 Å². The molecule has 1 atom stereocenters. The predicted molar refractivity (Wildman–Crippen MR) is 128 cm³/mol. The molecule has 0 saturated carbocycles. The minimum Gasteiger partial charge on any atom is -0.484 e. The van der Waals surface area contributed by atoms with Crippen LogP contribution in [0.3, 0.4) is 0 Å². The predicted octanol–water partition coefficient (Wildman–Crippen LogP) is 4.94. The van der Waals surface area contributed by atoms with Crippen molar-refractivity contribution in [1.29, 1.82) is 0 Å². The van der Waals surface area contributed by atoms with Crippen molar-refractivity contribution >= 4 is 27.7 Å². The minimum absolute atomic E-state index is 0.131. The van der Waals surface area contributed by atoms with Crippen molar-refractivity contribution in [1.82, 2.24) is 10.2 Å². The standard InChI is InChI=1S/C25H33BrN2O3/c1-16(2)13-27-25(30)20(6)28(14-21-9-7-17(3)8-10-21)23(29)15-31-22-11-18(4)24(26)19(5)12-22/h7-12,16,20H,13-15H2,1-6H3,(H,27,30). The molecule has 0 aliphatic heterocycles. The molecule has 2 aromatic rings. The molecule has 1 unspecified atom stereocenters. The average Bonchev–Trinajstić information content (AvgIpc) is 2.73. The van der Waals surface area contributed by atoms with Crippen molar-refractivity contribution in [2.75, 3.05) is 13.2 Å². The van der Waals surface area contributed by atoms with Crippen molar-refractivity contribution in [3.63, 3.8) is 0 Å². The lowest BCUT2D eigenvalue weighted by molar-refractivity contribution is -0.142. The second-order valence-corrected chi connectivity index (χ2v) is 9.27. The molecule has 0 saturated heterocycles. The number of rotatable bonds is 9. The van der Waals surface area contributed by atoms with E-state index in [1.54, 1.807) is 11.8 Å². The van der Waals surface area contributed by atoms with Crippen LogP contribution < -0.4 is 10.1 Å². The van der Waals surface area contributed by atoms with Gasteiger partial charge in [0.1, 0.15) is 11.8 Å². The van der Waals surface area contributed by atoms with E-state index in [2.05, 4.69) is 21.2 Å². The lowest BCUT2D eigenvalue weighted by Gasteiger charge is -2.29. The van der Waals surface area contributed by atoms with Crippen LogP contribution in [-0.2, 0) is 16.1 Å². The van der Waals surface area contributed by atoms with Gasteiger partial charge in [0, 0.05) is 17.6 Å². The maximum atomic E-state index is 13.1. The molecule has 0 fully saturated rings. The first-order valence-corrected chi connectivity index (χ1v) is 11.4. The molecule has 0 aliphatic carbocycles. The van der Waals surface area contributed by atoms with Crippen LogP contribution in [0.5, 0.6) is 5.75 Å². The largest absolute Gasteiger partial charge is 0.484 e. The first-order valence-electron chi connectivity index (χ1n) is 10.6. The lowest BCUT2D eigenvalue weighted by atomic mass is 10.1. The van der Waals surface area contributed by atoms with E-state index < -0.39 is 6.04 Å². The fourth-order valence-corrected chi connectivity index (χ4v) is 3.37. The molecule has 0 heterocycles. The van der Waals surface area contributed by atoms with Crippen molar-refractivity contribution in [2.45, 2.75) is 54.1 Å². The van der Waals surface area contributed by atoms with E-state index in [1.165, 1.54) is 0 Å². The summed E-state index contributed by atoms with van der Waals surface area (Å²) in [7, 11) is 0. The van der Waals surface area contributed by atoms with E-state index in [0.29, 0.717) is 24.8 Å². The molecule has 6 heteroatoms. The third kappa shape index (κ3) is 7.39. The maximum absolute atomic E-state index is 13.1. The topological polar surface area (TPSA) is 58.6 Å². The van der Waals surface area contributed by atoms with Gasteiger partial charge in [-0.3, -0.25) is 9.59 Å². The van der Waals surface area contributed by atoms with Gasteiger partial charge < -0.3 is 15.0 Å². The fraction of sp³-hybridized carbons (Fsp3) is 0.440. The van der Waals surface area contributed by atoms with Gasteiger partial charge in [-0.1, -0.05) is 59.6 Å². The van der Waals surface area contributed by atoms with Crippen LogP contribution in [0.15, 0.2) is 40.9 Å². The Morgan fingerprint density at radius 1 is 1.03 bits per heavy atom. The Hall–Kier alpha value is -2.34. The summed E-state index contributed by atoms with van der Waals surface area (Å²) in [6.45, 7) is 12.6. The number of nitrogens with one attached hydrogen (secondary N) is 1. The first kappa shape index (κ1) is 24.9. The van der Waals surface area contributed by atoms with Gasteiger partial charge in [0.05, 0.1) is 0 Å². The zero-order chi connectivity index (χ0) is 23.1. The van der Waals surface area contributed by atoms with Gasteiger partial charge in [0.25, 0.3) is 5.91 Å². The minimum atomic E-state index is -0.607. The summed E-state index contributed by atoms with van der Waals surface area (Å²) in [5, 5.41) is 2.93. The first-order chi connectivity index (χ1) is 14.6. The molecule has 1 N–H and O–H groups in total. The van der Waals surface area contributed by atoms with Crippen LogP contribution >= 0.6 is 15.9 Å². The number of halogens is 1. The van der Waals surface area contributed by atoms with Gasteiger partial charge in [0.15, 0.2) is 6.61 Å². The maximum Gasteiger partial charge on any atom is 0.261 e. The van der Waals surface area contributed by atoms with E-state index >= 15 is 0 Å². The highest BCUT2D eigenvalue weighted by Crippen LogP contribution is 2.26. The van der Waals surface area contributed by atoms with E-state index in [9.17, 15) is 9.59 Å². The van der Waals surface area contributed by atoms with Gasteiger partial charge in [-0.25, -0.2) is 0 Å². The number of hydrogen-bond acceptors (Lipinski definition) is 3. The second kappa shape index (κ2) is 11.3. The third-order valence-electron chi connectivity index (χ3n) is 5.10. The monoisotopic (exact) mass is 488 g/mol. The molecule has 2 rings (SSSR count). The number of carbonyl (C=O) groups excluding carboxylic acids is 2. The second-order valence-electron chi connectivity index (χ2n) is 8.48. The summed E-state index contributed by atoms with van der Waals surface area (Å²) < 4.78 is 6.84. The normalized spacial score (nSPS) is 11.9. The molecule has 0 radical (unpaired) electrons. The molecule has 2 amide bonds. The Kier molecular flexibility index (Phi) is 9.11. The molecule has 5 nitrogen and oxygen atoms in total. The van der Waals surface area contributed by atoms with Crippen LogP contribution in [0, 0.1) is 26.7 Å².